The van der Waals surface area contributed by atoms with Crippen molar-refractivity contribution in [1.82, 2.24) is 24.7 Å². The van der Waals surface area contributed by atoms with Gasteiger partial charge in [0.1, 0.15) is 17.5 Å². The largest absolute Gasteiger partial charge is 0.371 e. The summed E-state index contributed by atoms with van der Waals surface area (Å²) in [5.41, 5.74) is 2.87. The highest BCUT2D eigenvalue weighted by Crippen LogP contribution is 2.33. The number of nitrogens with one attached hydrogen (secondary N) is 2. The second kappa shape index (κ2) is 12.8. The first-order valence-electron chi connectivity index (χ1n) is 16.3. The molecule has 7 rings (SSSR count). The van der Waals surface area contributed by atoms with Gasteiger partial charge in [-0.05, 0) is 78.5 Å². The molecule has 14 heteroatoms. The molecule has 2 N–H and O–H groups in total. The van der Waals surface area contributed by atoms with Crippen molar-refractivity contribution in [1.29, 1.82) is 0 Å². The molecule has 0 bridgehead atoms. The topological polar surface area (TPSA) is 140 Å². The molecule has 2 atom stereocenters. The van der Waals surface area contributed by atoms with E-state index >= 15 is 0 Å². The van der Waals surface area contributed by atoms with Crippen molar-refractivity contribution >= 4 is 62.4 Å². The lowest BCUT2D eigenvalue weighted by atomic mass is 9.99. The molecule has 3 aromatic rings. The van der Waals surface area contributed by atoms with Crippen molar-refractivity contribution in [2.45, 2.75) is 50.7 Å². The smallest absolute Gasteiger partial charge is 0.274 e. The number of piperazine rings is 1. The van der Waals surface area contributed by atoms with Gasteiger partial charge in [0.05, 0.1) is 23.0 Å². The van der Waals surface area contributed by atoms with E-state index in [2.05, 4.69) is 53.2 Å². The van der Waals surface area contributed by atoms with E-state index in [1.165, 1.54) is 4.57 Å². The van der Waals surface area contributed by atoms with Gasteiger partial charge in [-0.3, -0.25) is 39.1 Å². The Kier molecular flexibility index (Phi) is 8.54. The molecule has 1 aromatic carbocycles. The monoisotopic (exact) mass is 716 g/mol. The fourth-order valence-corrected chi connectivity index (χ4v) is 7.91. The number of aromatic nitrogens is 2. The Morgan fingerprint density at radius 1 is 0.896 bits per heavy atom. The van der Waals surface area contributed by atoms with Crippen molar-refractivity contribution in [3.8, 4) is 0 Å². The van der Waals surface area contributed by atoms with Gasteiger partial charge in [-0.1, -0.05) is 0 Å². The maximum Gasteiger partial charge on any atom is 0.274 e. The number of carbonyl (C=O) groups excluding carboxylic acids is 4. The van der Waals surface area contributed by atoms with Gasteiger partial charge in [-0.25, -0.2) is 4.98 Å². The molecule has 2 unspecified atom stereocenters. The molecule has 0 aliphatic carbocycles. The second-order valence-corrected chi connectivity index (χ2v) is 13.9. The highest BCUT2D eigenvalue weighted by atomic mass is 79.9. The summed E-state index contributed by atoms with van der Waals surface area (Å²) in [6.07, 6.45) is 5.77. The Labute approximate surface area is 286 Å². The van der Waals surface area contributed by atoms with E-state index in [0.717, 1.165) is 66.3 Å². The van der Waals surface area contributed by atoms with E-state index in [-0.39, 0.29) is 24.3 Å². The van der Waals surface area contributed by atoms with Crippen molar-refractivity contribution in [2.24, 2.45) is 7.05 Å². The molecule has 4 aliphatic heterocycles. The fourth-order valence-electron chi connectivity index (χ4n) is 7.37. The van der Waals surface area contributed by atoms with Crippen LogP contribution in [0.15, 0.2) is 58.1 Å². The van der Waals surface area contributed by atoms with E-state index in [1.54, 1.807) is 31.4 Å². The molecule has 3 fully saturated rings. The minimum Gasteiger partial charge on any atom is -0.371 e. The molecule has 6 heterocycles. The number of benzene rings is 1. The first kappa shape index (κ1) is 32.0. The van der Waals surface area contributed by atoms with Crippen LogP contribution >= 0.6 is 15.9 Å². The molecule has 2 aromatic heterocycles. The number of rotatable bonds is 6. The SMILES string of the molecule is CC1CN(C2CCN(c3ccc4c(c3)C(=O)N(C3CCC(=O)NC3=O)C4=O)CC2)CCN1c1ccc(Nc2cc(Br)cn(C)c2=O)nc1. The molecule has 13 nitrogen and oxygen atoms in total. The molecule has 0 radical (unpaired) electrons. The van der Waals surface area contributed by atoms with Gasteiger partial charge in [-0.15, -0.1) is 0 Å². The van der Waals surface area contributed by atoms with Gasteiger partial charge in [0.15, 0.2) is 0 Å². The number of anilines is 4. The summed E-state index contributed by atoms with van der Waals surface area (Å²) in [4.78, 5) is 75.7. The number of amides is 4. The summed E-state index contributed by atoms with van der Waals surface area (Å²) in [5.74, 6) is -1.35. The summed E-state index contributed by atoms with van der Waals surface area (Å²) >= 11 is 3.43. The number of piperidine rings is 2. The van der Waals surface area contributed by atoms with Gasteiger partial charge < -0.3 is 19.7 Å². The lowest BCUT2D eigenvalue weighted by Gasteiger charge is -2.46. The molecular weight excluding hydrogens is 680 g/mol. The average Bonchev–Trinajstić information content (AvgIpc) is 3.32. The number of aryl methyl sites for hydroxylation is 1. The van der Waals surface area contributed by atoms with Crippen molar-refractivity contribution in [3.63, 3.8) is 0 Å². The highest BCUT2D eigenvalue weighted by molar-refractivity contribution is 9.10. The van der Waals surface area contributed by atoms with E-state index in [0.29, 0.717) is 34.7 Å². The zero-order valence-electron chi connectivity index (χ0n) is 26.8. The van der Waals surface area contributed by atoms with Crippen molar-refractivity contribution in [2.75, 3.05) is 47.8 Å². The number of hydrogen-bond donors (Lipinski definition) is 2. The predicted molar refractivity (Wildman–Crippen MR) is 184 cm³/mol. The molecule has 250 valence electrons. The van der Waals surface area contributed by atoms with Crippen LogP contribution in [0.5, 0.6) is 0 Å². The van der Waals surface area contributed by atoms with Gasteiger partial charge in [0.2, 0.25) is 11.8 Å². The average molecular weight is 718 g/mol. The number of carbonyl (C=O) groups is 4. The lowest BCUT2D eigenvalue weighted by Crippen LogP contribution is -2.57. The zero-order valence-corrected chi connectivity index (χ0v) is 28.4. The summed E-state index contributed by atoms with van der Waals surface area (Å²) < 4.78 is 2.32. The van der Waals surface area contributed by atoms with Crippen LogP contribution in [0.1, 0.15) is 53.3 Å². The van der Waals surface area contributed by atoms with Crippen LogP contribution in [0.2, 0.25) is 0 Å². The summed E-state index contributed by atoms with van der Waals surface area (Å²) in [6, 6.07) is 10.8. The number of pyridine rings is 2. The highest BCUT2D eigenvalue weighted by Gasteiger charge is 2.45. The molecule has 48 heavy (non-hydrogen) atoms. The van der Waals surface area contributed by atoms with Crippen LogP contribution in [0.25, 0.3) is 0 Å². The second-order valence-electron chi connectivity index (χ2n) is 12.9. The number of nitrogens with zero attached hydrogens (tertiary/aromatic N) is 6. The van der Waals surface area contributed by atoms with Crippen LogP contribution in [0.4, 0.5) is 22.9 Å². The zero-order chi connectivity index (χ0) is 33.7. The van der Waals surface area contributed by atoms with E-state index in [4.69, 9.17) is 0 Å². The molecule has 3 saturated heterocycles. The number of imide groups is 2. The number of hydrogen-bond acceptors (Lipinski definition) is 10. The lowest BCUT2D eigenvalue weighted by molar-refractivity contribution is -0.136. The van der Waals surface area contributed by atoms with Crippen LogP contribution in [0.3, 0.4) is 0 Å². The van der Waals surface area contributed by atoms with Crippen LogP contribution in [0, 0.1) is 0 Å². The molecule has 0 spiro atoms. The third kappa shape index (κ3) is 5.98. The molecule has 4 aliphatic rings. The Bertz CT molecular complexity index is 1850. The summed E-state index contributed by atoms with van der Waals surface area (Å²) in [6.45, 7) is 6.65. The van der Waals surface area contributed by atoms with E-state index in [1.807, 2.05) is 24.4 Å². The normalized spacial score (nSPS) is 22.3. The standard InChI is InChI=1S/C34H37BrN8O5/c1-20-18-41(13-14-42(20)24-4-7-29(36-17-24)37-27-15-21(35)19-39(2)34(27)48)22-9-11-40(12-10-22)23-3-5-25-26(16-23)33(47)43(32(25)46)28-6-8-30(44)38-31(28)45/h3-5,7,15-17,19-20,22,28H,6,8-14,18H2,1-2H3,(H,36,37)(H,38,44,45). The van der Waals surface area contributed by atoms with Crippen LogP contribution in [-0.4, -0.2) is 93.8 Å². The number of fused-ring (bicyclic) bond motifs is 1. The predicted octanol–water partition coefficient (Wildman–Crippen LogP) is 2.87. The minimum absolute atomic E-state index is 0.0951. The Morgan fingerprint density at radius 2 is 1.65 bits per heavy atom. The first-order valence-corrected chi connectivity index (χ1v) is 17.1. The maximum atomic E-state index is 13.3. The van der Waals surface area contributed by atoms with E-state index < -0.39 is 23.8 Å². The van der Waals surface area contributed by atoms with Gasteiger partial charge in [0.25, 0.3) is 17.4 Å². The third-order valence-corrected chi connectivity index (χ3v) is 10.4. The van der Waals surface area contributed by atoms with Crippen molar-refractivity contribution in [3.05, 3.63) is 74.7 Å². The minimum atomic E-state index is -0.968. The summed E-state index contributed by atoms with van der Waals surface area (Å²) in [5, 5.41) is 5.37. The molecule has 0 saturated carbocycles. The quantitative estimate of drug-likeness (QED) is 0.366. The van der Waals surface area contributed by atoms with E-state index in [9.17, 15) is 24.0 Å². The Morgan fingerprint density at radius 3 is 2.35 bits per heavy atom. The summed E-state index contributed by atoms with van der Waals surface area (Å²) in [7, 11) is 1.71. The number of halogens is 1. The van der Waals surface area contributed by atoms with Gasteiger partial charge in [0, 0.05) is 74.6 Å². The first-order chi connectivity index (χ1) is 23.1. The Balaban J connectivity index is 0.937. The van der Waals surface area contributed by atoms with Crippen LogP contribution < -0.4 is 26.0 Å². The van der Waals surface area contributed by atoms with Gasteiger partial charge in [-0.2, -0.15) is 0 Å². The maximum absolute atomic E-state index is 13.3. The molecular formula is C34H37BrN8O5. The Hall–Kier alpha value is -4.56. The van der Waals surface area contributed by atoms with Gasteiger partial charge >= 0.3 is 0 Å². The van der Waals surface area contributed by atoms with Crippen LogP contribution in [-0.2, 0) is 16.6 Å². The van der Waals surface area contributed by atoms with Crippen molar-refractivity contribution < 1.29 is 19.2 Å². The fraction of sp³-hybridized carbons (Fsp3) is 0.412. The third-order valence-electron chi connectivity index (χ3n) is 9.92. The molecule has 4 amide bonds.